The highest BCUT2D eigenvalue weighted by atomic mass is 16.3. The van der Waals surface area contributed by atoms with Crippen molar-refractivity contribution in [3.63, 3.8) is 0 Å². The highest BCUT2D eigenvalue weighted by Crippen LogP contribution is 2.07. The van der Waals surface area contributed by atoms with Crippen molar-refractivity contribution >= 4 is 11.6 Å². The zero-order chi connectivity index (χ0) is 10.8. The summed E-state index contributed by atoms with van der Waals surface area (Å²) >= 11 is 0. The van der Waals surface area contributed by atoms with Crippen molar-refractivity contribution in [3.8, 4) is 0 Å². The molecule has 5 nitrogen and oxygen atoms in total. The molecule has 0 amide bonds. The molecule has 0 aliphatic rings. The van der Waals surface area contributed by atoms with Gasteiger partial charge in [0, 0.05) is 6.20 Å². The van der Waals surface area contributed by atoms with E-state index in [-0.39, 0.29) is 0 Å². The van der Waals surface area contributed by atoms with Crippen molar-refractivity contribution in [3.05, 3.63) is 48.6 Å². The molecule has 3 rings (SSSR count). The van der Waals surface area contributed by atoms with Gasteiger partial charge in [-0.3, -0.25) is 0 Å². The third-order valence-corrected chi connectivity index (χ3v) is 2.24. The molecular formula is C11H10N4O. The molecule has 16 heavy (non-hydrogen) atoms. The maximum atomic E-state index is 5.20. The van der Waals surface area contributed by atoms with Crippen LogP contribution in [0.4, 0.5) is 5.95 Å². The van der Waals surface area contributed by atoms with E-state index in [0.29, 0.717) is 12.5 Å². The summed E-state index contributed by atoms with van der Waals surface area (Å²) in [6.07, 6.45) is 3.51. The molecule has 0 aliphatic carbocycles. The highest BCUT2D eigenvalue weighted by Gasteiger charge is 2.02. The Kier molecular flexibility index (Phi) is 2.07. The first kappa shape index (κ1) is 8.96. The molecular weight excluding hydrogens is 204 g/mol. The third-order valence-electron chi connectivity index (χ3n) is 2.24. The van der Waals surface area contributed by atoms with E-state index >= 15 is 0 Å². The Hall–Kier alpha value is -2.30. The van der Waals surface area contributed by atoms with Gasteiger partial charge in [0.05, 0.1) is 12.8 Å². The van der Waals surface area contributed by atoms with Crippen molar-refractivity contribution in [1.82, 2.24) is 14.6 Å². The fourth-order valence-electron chi connectivity index (χ4n) is 1.49. The Morgan fingerprint density at radius 3 is 3.06 bits per heavy atom. The molecule has 3 heterocycles. The summed E-state index contributed by atoms with van der Waals surface area (Å²) < 4.78 is 6.93. The van der Waals surface area contributed by atoms with Gasteiger partial charge < -0.3 is 9.73 Å². The first-order chi connectivity index (χ1) is 7.92. The van der Waals surface area contributed by atoms with Gasteiger partial charge in [-0.05, 0) is 24.3 Å². The number of anilines is 1. The minimum atomic E-state index is 0.587. The lowest BCUT2D eigenvalue weighted by Crippen LogP contribution is -1.99. The van der Waals surface area contributed by atoms with Gasteiger partial charge in [0.25, 0.3) is 0 Å². The van der Waals surface area contributed by atoms with E-state index in [1.165, 1.54) is 0 Å². The third kappa shape index (κ3) is 1.63. The molecule has 0 unspecified atom stereocenters. The predicted molar refractivity (Wildman–Crippen MR) is 59.0 cm³/mol. The van der Waals surface area contributed by atoms with E-state index in [0.717, 1.165) is 11.4 Å². The quantitative estimate of drug-likeness (QED) is 0.723. The molecule has 3 aromatic rings. The zero-order valence-corrected chi connectivity index (χ0v) is 8.50. The number of hydrogen-bond donors (Lipinski definition) is 1. The van der Waals surface area contributed by atoms with Crippen LogP contribution in [0, 0.1) is 0 Å². The molecule has 0 aromatic carbocycles. The van der Waals surface area contributed by atoms with E-state index in [2.05, 4.69) is 15.4 Å². The SMILES string of the molecule is c1coc(CNc2nc3ccccn3n2)c1. The summed E-state index contributed by atoms with van der Waals surface area (Å²) in [5.74, 6) is 1.46. The first-order valence-electron chi connectivity index (χ1n) is 4.99. The number of nitrogens with zero attached hydrogens (tertiary/aromatic N) is 3. The molecule has 3 aromatic heterocycles. The lowest BCUT2D eigenvalue weighted by atomic mass is 10.4. The monoisotopic (exact) mass is 214 g/mol. The molecule has 80 valence electrons. The maximum absolute atomic E-state index is 5.20. The highest BCUT2D eigenvalue weighted by molar-refractivity contribution is 5.42. The molecule has 0 spiro atoms. The maximum Gasteiger partial charge on any atom is 0.243 e. The molecule has 0 saturated heterocycles. The second kappa shape index (κ2) is 3.69. The van der Waals surface area contributed by atoms with Crippen molar-refractivity contribution in [2.75, 3.05) is 5.32 Å². The standard InChI is InChI=1S/C11H10N4O/c1-2-6-15-10(5-1)13-11(14-15)12-8-9-4-3-7-16-9/h1-7H,8H2,(H,12,14). The summed E-state index contributed by atoms with van der Waals surface area (Å²) in [7, 11) is 0. The summed E-state index contributed by atoms with van der Waals surface area (Å²) in [6.45, 7) is 0.587. The molecule has 0 bridgehead atoms. The number of fused-ring (bicyclic) bond motifs is 1. The van der Waals surface area contributed by atoms with Crippen molar-refractivity contribution in [1.29, 1.82) is 0 Å². The fraction of sp³-hybridized carbons (Fsp3) is 0.0909. The van der Waals surface area contributed by atoms with Crippen LogP contribution < -0.4 is 5.32 Å². The number of hydrogen-bond acceptors (Lipinski definition) is 4. The normalized spacial score (nSPS) is 10.8. The Bertz CT molecular complexity index is 552. The largest absolute Gasteiger partial charge is 0.467 e. The topological polar surface area (TPSA) is 55.4 Å². The molecule has 0 radical (unpaired) electrons. The van der Waals surface area contributed by atoms with Gasteiger partial charge in [-0.15, -0.1) is 5.10 Å². The molecule has 0 atom stereocenters. The van der Waals surface area contributed by atoms with Crippen LogP contribution in [0.2, 0.25) is 0 Å². The minimum absolute atomic E-state index is 0.587. The minimum Gasteiger partial charge on any atom is -0.467 e. The van der Waals surface area contributed by atoms with Gasteiger partial charge in [0.2, 0.25) is 5.95 Å². The summed E-state index contributed by atoms with van der Waals surface area (Å²) in [5, 5.41) is 7.36. The average Bonchev–Trinajstić information content (AvgIpc) is 2.95. The second-order valence-electron chi connectivity index (χ2n) is 3.37. The van der Waals surface area contributed by atoms with Crippen LogP contribution in [0.5, 0.6) is 0 Å². The molecule has 1 N–H and O–H groups in total. The Morgan fingerprint density at radius 1 is 1.25 bits per heavy atom. The number of furan rings is 1. The van der Waals surface area contributed by atoms with Crippen molar-refractivity contribution < 1.29 is 4.42 Å². The number of pyridine rings is 1. The fourth-order valence-corrected chi connectivity index (χ4v) is 1.49. The first-order valence-corrected chi connectivity index (χ1v) is 4.99. The number of aromatic nitrogens is 3. The van der Waals surface area contributed by atoms with Gasteiger partial charge in [0.1, 0.15) is 5.76 Å². The van der Waals surface area contributed by atoms with Gasteiger partial charge in [-0.25, -0.2) is 4.52 Å². The summed E-state index contributed by atoms with van der Waals surface area (Å²) in [4.78, 5) is 4.31. The van der Waals surface area contributed by atoms with Crippen LogP contribution in [-0.2, 0) is 6.54 Å². The van der Waals surface area contributed by atoms with E-state index in [1.807, 2.05) is 36.5 Å². The second-order valence-corrected chi connectivity index (χ2v) is 3.37. The summed E-state index contributed by atoms with van der Waals surface area (Å²) in [5.41, 5.74) is 0.824. The van der Waals surface area contributed by atoms with Crippen LogP contribution in [0.3, 0.4) is 0 Å². The van der Waals surface area contributed by atoms with Crippen LogP contribution >= 0.6 is 0 Å². The van der Waals surface area contributed by atoms with Crippen LogP contribution in [-0.4, -0.2) is 14.6 Å². The van der Waals surface area contributed by atoms with E-state index < -0.39 is 0 Å². The van der Waals surface area contributed by atoms with Gasteiger partial charge in [0.15, 0.2) is 5.65 Å². The van der Waals surface area contributed by atoms with Gasteiger partial charge in [-0.2, -0.15) is 4.98 Å². The lowest BCUT2D eigenvalue weighted by Gasteiger charge is -1.96. The lowest BCUT2D eigenvalue weighted by molar-refractivity contribution is 0.517. The van der Waals surface area contributed by atoms with Crippen molar-refractivity contribution in [2.45, 2.75) is 6.54 Å². The van der Waals surface area contributed by atoms with Crippen LogP contribution in [0.15, 0.2) is 47.2 Å². The number of nitrogens with one attached hydrogen (secondary N) is 1. The summed E-state index contributed by atoms with van der Waals surface area (Å²) in [6, 6.07) is 9.51. The Labute approximate surface area is 91.7 Å². The van der Waals surface area contributed by atoms with E-state index in [4.69, 9.17) is 4.42 Å². The Balaban J connectivity index is 1.79. The van der Waals surface area contributed by atoms with Crippen molar-refractivity contribution in [2.24, 2.45) is 0 Å². The smallest absolute Gasteiger partial charge is 0.243 e. The Morgan fingerprint density at radius 2 is 2.25 bits per heavy atom. The molecule has 5 heteroatoms. The van der Waals surface area contributed by atoms with E-state index in [1.54, 1.807) is 10.8 Å². The molecule has 0 fully saturated rings. The van der Waals surface area contributed by atoms with Crippen LogP contribution in [0.1, 0.15) is 5.76 Å². The molecule has 0 aliphatic heterocycles. The predicted octanol–water partition coefficient (Wildman–Crippen LogP) is 1.93. The van der Waals surface area contributed by atoms with Gasteiger partial charge >= 0.3 is 0 Å². The average molecular weight is 214 g/mol. The molecule has 0 saturated carbocycles. The van der Waals surface area contributed by atoms with E-state index in [9.17, 15) is 0 Å². The van der Waals surface area contributed by atoms with Gasteiger partial charge in [-0.1, -0.05) is 6.07 Å². The zero-order valence-electron chi connectivity index (χ0n) is 8.50. The number of rotatable bonds is 3. The van der Waals surface area contributed by atoms with Crippen LogP contribution in [0.25, 0.3) is 5.65 Å².